The predicted octanol–water partition coefficient (Wildman–Crippen LogP) is 2.25. The highest BCUT2D eigenvalue weighted by molar-refractivity contribution is 5.82. The van der Waals surface area contributed by atoms with Gasteiger partial charge in [0, 0.05) is 0 Å². The number of carbonyl (C=O) groups is 1. The van der Waals surface area contributed by atoms with Gasteiger partial charge in [0.2, 0.25) is 5.91 Å². The molecule has 112 valence electrons. The number of nitrogens with one attached hydrogen (secondary N) is 1. The summed E-state index contributed by atoms with van der Waals surface area (Å²) >= 11 is 0. The minimum atomic E-state index is -0.520. The smallest absolute Gasteiger partial charge is 0.237 e. The molecule has 4 heteroatoms. The first-order chi connectivity index (χ1) is 9.21. The van der Waals surface area contributed by atoms with Gasteiger partial charge in [-0.05, 0) is 30.9 Å². The Morgan fingerprint density at radius 2 is 1.95 bits per heavy atom. The van der Waals surface area contributed by atoms with Gasteiger partial charge in [-0.15, -0.1) is 0 Å². The Kier molecular flexibility index (Phi) is 5.57. The van der Waals surface area contributed by atoms with Gasteiger partial charge >= 0.3 is 0 Å². The van der Waals surface area contributed by atoms with Gasteiger partial charge in [-0.3, -0.25) is 4.79 Å². The summed E-state index contributed by atoms with van der Waals surface area (Å²) < 4.78 is 5.81. The van der Waals surface area contributed by atoms with Gasteiger partial charge in [0.05, 0.1) is 12.6 Å². The second-order valence-corrected chi connectivity index (χ2v) is 6.28. The van der Waals surface area contributed by atoms with E-state index in [-0.39, 0.29) is 17.4 Å². The molecule has 1 aromatic rings. The Bertz CT molecular complexity index is 452. The van der Waals surface area contributed by atoms with Gasteiger partial charge in [-0.2, -0.15) is 0 Å². The van der Waals surface area contributed by atoms with E-state index in [0.717, 1.165) is 11.3 Å². The van der Waals surface area contributed by atoms with Crippen LogP contribution in [-0.4, -0.2) is 24.6 Å². The third kappa shape index (κ3) is 4.85. The molecule has 2 atom stereocenters. The van der Waals surface area contributed by atoms with E-state index < -0.39 is 6.04 Å². The molecule has 3 N–H and O–H groups in total. The first kappa shape index (κ1) is 16.5. The summed E-state index contributed by atoms with van der Waals surface area (Å²) in [6.07, 6.45) is -0.104. The second kappa shape index (κ2) is 6.75. The fourth-order valence-electron chi connectivity index (χ4n) is 1.69. The summed E-state index contributed by atoms with van der Waals surface area (Å²) in [5, 5.41) is 2.84. The zero-order valence-electron chi connectivity index (χ0n) is 13.1. The van der Waals surface area contributed by atoms with Crippen molar-refractivity contribution in [2.75, 3.05) is 6.54 Å². The van der Waals surface area contributed by atoms with Crippen LogP contribution in [-0.2, 0) is 4.79 Å². The number of nitrogens with two attached hydrogens (primary N) is 1. The molecule has 1 aromatic carbocycles. The van der Waals surface area contributed by atoms with E-state index in [1.54, 1.807) is 0 Å². The third-order valence-corrected chi connectivity index (χ3v) is 3.20. The maximum absolute atomic E-state index is 11.9. The monoisotopic (exact) mass is 278 g/mol. The first-order valence-corrected chi connectivity index (χ1v) is 6.97. The maximum Gasteiger partial charge on any atom is 0.237 e. The average Bonchev–Trinajstić information content (AvgIpc) is 2.36. The predicted molar refractivity (Wildman–Crippen MR) is 81.7 cm³/mol. The Labute approximate surface area is 121 Å². The van der Waals surface area contributed by atoms with Crippen LogP contribution in [0.4, 0.5) is 0 Å². The molecule has 0 aromatic heterocycles. The summed E-state index contributed by atoms with van der Waals surface area (Å²) in [4.78, 5) is 11.9. The molecular formula is C16H26N2O2. The lowest BCUT2D eigenvalue weighted by atomic mass is 9.87. The number of hydrogen-bond acceptors (Lipinski definition) is 3. The lowest BCUT2D eigenvalue weighted by Gasteiger charge is -2.26. The van der Waals surface area contributed by atoms with Crippen LogP contribution >= 0.6 is 0 Å². The topological polar surface area (TPSA) is 64.3 Å². The molecule has 4 nitrogen and oxygen atoms in total. The fourth-order valence-corrected chi connectivity index (χ4v) is 1.69. The van der Waals surface area contributed by atoms with Crippen LogP contribution in [0.2, 0.25) is 0 Å². The molecule has 1 amide bonds. The molecule has 0 fully saturated rings. The average molecular weight is 278 g/mol. The highest BCUT2D eigenvalue weighted by atomic mass is 16.5. The van der Waals surface area contributed by atoms with Crippen LogP contribution in [0.1, 0.15) is 33.3 Å². The normalized spacial score (nSPS) is 14.5. The number of amides is 1. The second-order valence-electron chi connectivity index (χ2n) is 6.28. The molecule has 0 saturated heterocycles. The fraction of sp³-hybridized carbons (Fsp3) is 0.562. The van der Waals surface area contributed by atoms with Crippen molar-refractivity contribution in [1.29, 1.82) is 0 Å². The van der Waals surface area contributed by atoms with Crippen LogP contribution in [0.15, 0.2) is 24.3 Å². The number of carbonyl (C=O) groups excluding carboxylic acids is 1. The van der Waals surface area contributed by atoms with E-state index in [9.17, 15) is 4.79 Å². The van der Waals surface area contributed by atoms with E-state index in [2.05, 4.69) is 5.32 Å². The molecule has 0 aliphatic heterocycles. The van der Waals surface area contributed by atoms with Crippen LogP contribution < -0.4 is 15.8 Å². The van der Waals surface area contributed by atoms with Crippen molar-refractivity contribution < 1.29 is 9.53 Å². The number of ether oxygens (including phenoxy) is 1. The van der Waals surface area contributed by atoms with Gasteiger partial charge in [-0.1, -0.05) is 39.0 Å². The largest absolute Gasteiger partial charge is 0.489 e. The van der Waals surface area contributed by atoms with Gasteiger partial charge in [0.15, 0.2) is 0 Å². The van der Waals surface area contributed by atoms with Crippen molar-refractivity contribution in [3.63, 3.8) is 0 Å². The molecular weight excluding hydrogens is 252 g/mol. The van der Waals surface area contributed by atoms with Crippen molar-refractivity contribution in [2.24, 2.45) is 11.1 Å². The molecule has 0 bridgehead atoms. The summed E-state index contributed by atoms with van der Waals surface area (Å²) in [7, 11) is 0. The molecule has 20 heavy (non-hydrogen) atoms. The first-order valence-electron chi connectivity index (χ1n) is 6.97. The molecule has 0 aliphatic rings. The van der Waals surface area contributed by atoms with Crippen molar-refractivity contribution in [3.8, 4) is 5.75 Å². The van der Waals surface area contributed by atoms with Gasteiger partial charge in [-0.25, -0.2) is 0 Å². The number of rotatable bonds is 5. The number of hydrogen-bond donors (Lipinski definition) is 2. The van der Waals surface area contributed by atoms with E-state index >= 15 is 0 Å². The Hall–Kier alpha value is -1.55. The molecule has 1 rings (SSSR count). The zero-order valence-corrected chi connectivity index (χ0v) is 13.1. The van der Waals surface area contributed by atoms with Crippen molar-refractivity contribution in [1.82, 2.24) is 5.32 Å². The molecule has 0 saturated carbocycles. The lowest BCUT2D eigenvalue weighted by molar-refractivity contribution is -0.124. The van der Waals surface area contributed by atoms with Crippen molar-refractivity contribution in [2.45, 2.75) is 46.8 Å². The Morgan fingerprint density at radius 3 is 2.50 bits per heavy atom. The van der Waals surface area contributed by atoms with Crippen LogP contribution in [0, 0.1) is 12.3 Å². The Morgan fingerprint density at radius 1 is 1.35 bits per heavy atom. The third-order valence-electron chi connectivity index (χ3n) is 3.20. The molecule has 0 radical (unpaired) electrons. The van der Waals surface area contributed by atoms with Gasteiger partial charge < -0.3 is 15.8 Å². The number of para-hydroxylation sites is 1. The quantitative estimate of drug-likeness (QED) is 0.868. The van der Waals surface area contributed by atoms with E-state index in [4.69, 9.17) is 10.5 Å². The summed E-state index contributed by atoms with van der Waals surface area (Å²) in [5.74, 6) is 0.701. The van der Waals surface area contributed by atoms with E-state index in [1.165, 1.54) is 0 Å². The minimum absolute atomic E-state index is 0.104. The minimum Gasteiger partial charge on any atom is -0.489 e. The van der Waals surface area contributed by atoms with Gasteiger partial charge in [0.1, 0.15) is 11.9 Å². The lowest BCUT2D eigenvalue weighted by Crippen LogP contribution is -2.50. The van der Waals surface area contributed by atoms with Crippen LogP contribution in [0.3, 0.4) is 0 Å². The van der Waals surface area contributed by atoms with Crippen LogP contribution in [0.25, 0.3) is 0 Å². The Balaban J connectivity index is 2.46. The molecule has 0 heterocycles. The molecule has 1 unspecified atom stereocenters. The summed E-state index contributed by atoms with van der Waals surface area (Å²) in [6, 6.07) is 7.30. The van der Waals surface area contributed by atoms with E-state index in [0.29, 0.717) is 6.54 Å². The zero-order chi connectivity index (χ0) is 15.3. The van der Waals surface area contributed by atoms with E-state index in [1.807, 2.05) is 58.9 Å². The van der Waals surface area contributed by atoms with Gasteiger partial charge in [0.25, 0.3) is 0 Å². The summed E-state index contributed by atoms with van der Waals surface area (Å²) in [6.45, 7) is 10.2. The highest BCUT2D eigenvalue weighted by Gasteiger charge is 2.27. The maximum atomic E-state index is 11.9. The number of benzene rings is 1. The summed E-state index contributed by atoms with van der Waals surface area (Å²) in [5.41, 5.74) is 6.74. The standard InChI is InChI=1S/C16H26N2O2/c1-11-8-6-7-9-13(11)20-12(2)10-18-15(19)14(17)16(3,4)5/h6-9,12,14H,10,17H2,1-5H3,(H,18,19)/t12?,14-/m1/s1. The molecule has 0 spiro atoms. The van der Waals surface area contributed by atoms with Crippen LogP contribution in [0.5, 0.6) is 5.75 Å². The highest BCUT2D eigenvalue weighted by Crippen LogP contribution is 2.18. The van der Waals surface area contributed by atoms with Crippen molar-refractivity contribution >= 4 is 5.91 Å². The van der Waals surface area contributed by atoms with Crippen molar-refractivity contribution in [3.05, 3.63) is 29.8 Å². The number of aryl methyl sites for hydroxylation is 1. The molecule has 0 aliphatic carbocycles. The SMILES string of the molecule is Cc1ccccc1OC(C)CNC(=O)[C@@H](N)C(C)(C)C.